The van der Waals surface area contributed by atoms with Crippen LogP contribution in [0, 0.1) is 5.92 Å². The third-order valence-corrected chi connectivity index (χ3v) is 5.57. The third kappa shape index (κ3) is 2.90. The maximum absolute atomic E-state index is 12.6. The van der Waals surface area contributed by atoms with E-state index in [9.17, 15) is 8.42 Å². The maximum atomic E-state index is 12.6. The monoisotopic (exact) mass is 283 g/mol. The highest BCUT2D eigenvalue weighted by Gasteiger charge is 2.30. The molecule has 106 valence electrons. The van der Waals surface area contributed by atoms with Gasteiger partial charge < -0.3 is 5.32 Å². The van der Waals surface area contributed by atoms with Crippen molar-refractivity contribution in [1.82, 2.24) is 9.29 Å². The molecule has 0 atom stereocenters. The summed E-state index contributed by atoms with van der Waals surface area (Å²) in [6.45, 7) is 2.97. The summed E-state index contributed by atoms with van der Waals surface area (Å²) in [4.78, 5) is 4.05. The summed E-state index contributed by atoms with van der Waals surface area (Å²) in [6.07, 6.45) is 5.00. The molecule has 0 spiro atoms. The quantitative estimate of drug-likeness (QED) is 0.866. The van der Waals surface area contributed by atoms with Gasteiger partial charge in [-0.25, -0.2) is 13.4 Å². The highest BCUT2D eigenvalue weighted by Crippen LogP contribution is 2.29. The zero-order valence-corrected chi connectivity index (χ0v) is 12.3. The molecule has 0 unspecified atom stereocenters. The van der Waals surface area contributed by atoms with Crippen LogP contribution in [-0.2, 0) is 10.0 Å². The van der Waals surface area contributed by atoms with Gasteiger partial charge in [-0.05, 0) is 30.9 Å². The lowest BCUT2D eigenvalue weighted by atomic mass is 9.85. The topological polar surface area (TPSA) is 62.3 Å². The molecular formula is C13H21N3O2S. The average molecular weight is 283 g/mol. The number of nitrogens with one attached hydrogen (secondary N) is 1. The number of anilines is 1. The molecule has 1 N–H and O–H groups in total. The van der Waals surface area contributed by atoms with Gasteiger partial charge in [-0.2, -0.15) is 4.31 Å². The Bertz CT molecular complexity index is 526. The Hall–Kier alpha value is -1.14. The summed E-state index contributed by atoms with van der Waals surface area (Å²) in [5.41, 5.74) is 0.551. The van der Waals surface area contributed by atoms with E-state index >= 15 is 0 Å². The minimum absolute atomic E-state index is 0.124. The van der Waals surface area contributed by atoms with E-state index in [0.29, 0.717) is 24.7 Å². The molecule has 1 fully saturated rings. The number of nitrogens with zero attached hydrogens (tertiary/aromatic N) is 2. The summed E-state index contributed by atoms with van der Waals surface area (Å²) in [6, 6.07) is 3.46. The Morgan fingerprint density at radius 1 is 1.47 bits per heavy atom. The van der Waals surface area contributed by atoms with Crippen molar-refractivity contribution in [2.45, 2.75) is 31.2 Å². The molecule has 2 rings (SSSR count). The fourth-order valence-corrected chi connectivity index (χ4v) is 3.90. The van der Waals surface area contributed by atoms with E-state index < -0.39 is 10.0 Å². The van der Waals surface area contributed by atoms with E-state index in [4.69, 9.17) is 0 Å². The molecule has 19 heavy (non-hydrogen) atoms. The molecule has 0 bridgehead atoms. The Kier molecular flexibility index (Phi) is 4.42. The van der Waals surface area contributed by atoms with Crippen molar-refractivity contribution in [3.8, 4) is 0 Å². The Morgan fingerprint density at radius 3 is 2.74 bits per heavy atom. The number of hydrogen-bond donors (Lipinski definition) is 1. The summed E-state index contributed by atoms with van der Waals surface area (Å²) >= 11 is 0. The smallest absolute Gasteiger partial charge is 0.262 e. The lowest BCUT2D eigenvalue weighted by Crippen LogP contribution is -2.37. The van der Waals surface area contributed by atoms with Crippen LogP contribution in [0.4, 0.5) is 5.69 Å². The maximum Gasteiger partial charge on any atom is 0.262 e. The van der Waals surface area contributed by atoms with Gasteiger partial charge in [0.05, 0.1) is 5.69 Å². The van der Waals surface area contributed by atoms with E-state index in [2.05, 4.69) is 10.3 Å². The third-order valence-electron chi connectivity index (χ3n) is 3.66. The van der Waals surface area contributed by atoms with Gasteiger partial charge in [-0.15, -0.1) is 0 Å². The van der Waals surface area contributed by atoms with Gasteiger partial charge in [0.25, 0.3) is 10.0 Å². The highest BCUT2D eigenvalue weighted by molar-refractivity contribution is 7.89. The van der Waals surface area contributed by atoms with Crippen molar-refractivity contribution >= 4 is 15.7 Å². The number of sulfonamides is 1. The van der Waals surface area contributed by atoms with Crippen LogP contribution in [0.25, 0.3) is 0 Å². The summed E-state index contributed by atoms with van der Waals surface area (Å²) < 4.78 is 26.8. The van der Waals surface area contributed by atoms with Crippen LogP contribution < -0.4 is 5.32 Å². The summed E-state index contributed by atoms with van der Waals surface area (Å²) in [7, 11) is -1.80. The number of hydrogen-bond acceptors (Lipinski definition) is 4. The first-order valence-corrected chi connectivity index (χ1v) is 8.16. The van der Waals surface area contributed by atoms with Crippen molar-refractivity contribution in [2.24, 2.45) is 5.92 Å². The van der Waals surface area contributed by atoms with Crippen LogP contribution >= 0.6 is 0 Å². The van der Waals surface area contributed by atoms with E-state index in [1.54, 1.807) is 23.5 Å². The first-order valence-electron chi connectivity index (χ1n) is 6.72. The number of rotatable bonds is 6. The van der Waals surface area contributed by atoms with Gasteiger partial charge >= 0.3 is 0 Å². The minimum atomic E-state index is -3.51. The molecule has 5 nitrogen and oxygen atoms in total. The lowest BCUT2D eigenvalue weighted by molar-refractivity contribution is 0.249. The normalized spacial score (nSPS) is 16.4. The summed E-state index contributed by atoms with van der Waals surface area (Å²) in [5, 5.41) is 3.02. The van der Waals surface area contributed by atoms with Gasteiger partial charge in [0.1, 0.15) is 0 Å². The molecule has 1 saturated carbocycles. The van der Waals surface area contributed by atoms with Gasteiger partial charge in [0.15, 0.2) is 5.03 Å². The van der Waals surface area contributed by atoms with Gasteiger partial charge in [0, 0.05) is 26.3 Å². The van der Waals surface area contributed by atoms with E-state index in [-0.39, 0.29) is 5.03 Å². The minimum Gasteiger partial charge on any atom is -0.386 e. The lowest BCUT2D eigenvalue weighted by Gasteiger charge is -2.31. The van der Waals surface area contributed by atoms with Gasteiger partial charge in [-0.3, -0.25) is 0 Å². The van der Waals surface area contributed by atoms with Crippen LogP contribution in [0.15, 0.2) is 23.4 Å². The molecule has 1 aliphatic carbocycles. The van der Waals surface area contributed by atoms with Gasteiger partial charge in [-0.1, -0.05) is 13.3 Å². The Balaban J connectivity index is 2.28. The summed E-state index contributed by atoms with van der Waals surface area (Å²) in [5.74, 6) is 0.511. The molecular weight excluding hydrogens is 262 g/mol. The second-order valence-electron chi connectivity index (χ2n) is 4.86. The predicted molar refractivity (Wildman–Crippen MR) is 75.6 cm³/mol. The van der Waals surface area contributed by atoms with Crippen LogP contribution in [0.5, 0.6) is 0 Å². The first-order chi connectivity index (χ1) is 9.09. The zero-order valence-electron chi connectivity index (χ0n) is 11.5. The standard InChI is InChI=1S/C13H21N3O2S/c1-3-16(10-11-6-4-7-11)19(17,18)13-12(14-2)8-5-9-15-13/h5,8-9,11,14H,3-4,6-7,10H2,1-2H3. The number of aromatic nitrogens is 1. The second kappa shape index (κ2) is 5.88. The molecule has 6 heteroatoms. The highest BCUT2D eigenvalue weighted by atomic mass is 32.2. The Morgan fingerprint density at radius 2 is 2.21 bits per heavy atom. The predicted octanol–water partition coefficient (Wildman–Crippen LogP) is 1.93. The zero-order chi connectivity index (χ0) is 13.9. The van der Waals surface area contributed by atoms with Crippen molar-refractivity contribution in [3.05, 3.63) is 18.3 Å². The van der Waals surface area contributed by atoms with Gasteiger partial charge in [0.2, 0.25) is 0 Å². The Labute approximate surface area is 115 Å². The van der Waals surface area contributed by atoms with Crippen molar-refractivity contribution in [3.63, 3.8) is 0 Å². The molecule has 1 aromatic heterocycles. The largest absolute Gasteiger partial charge is 0.386 e. The number of pyridine rings is 1. The van der Waals surface area contributed by atoms with E-state index in [1.807, 2.05) is 6.92 Å². The van der Waals surface area contributed by atoms with E-state index in [0.717, 1.165) is 12.8 Å². The molecule has 1 aliphatic rings. The fourth-order valence-electron chi connectivity index (χ4n) is 2.27. The van der Waals surface area contributed by atoms with Crippen LogP contribution in [0.3, 0.4) is 0 Å². The molecule has 1 aromatic rings. The fraction of sp³-hybridized carbons (Fsp3) is 0.615. The SMILES string of the molecule is CCN(CC1CCC1)S(=O)(=O)c1ncccc1NC. The molecule has 0 saturated heterocycles. The molecule has 1 heterocycles. The molecule has 0 amide bonds. The molecule has 0 aliphatic heterocycles. The average Bonchev–Trinajstić information content (AvgIpc) is 2.37. The van der Waals surface area contributed by atoms with Crippen LogP contribution in [0.1, 0.15) is 26.2 Å². The van der Waals surface area contributed by atoms with Crippen molar-refractivity contribution in [2.75, 3.05) is 25.5 Å². The molecule has 0 aromatic carbocycles. The first kappa shape index (κ1) is 14.3. The van der Waals surface area contributed by atoms with Crippen molar-refractivity contribution < 1.29 is 8.42 Å². The van der Waals surface area contributed by atoms with Crippen LogP contribution in [-0.4, -0.2) is 37.8 Å². The van der Waals surface area contributed by atoms with E-state index in [1.165, 1.54) is 12.6 Å². The van der Waals surface area contributed by atoms with Crippen LogP contribution in [0.2, 0.25) is 0 Å². The molecule has 0 radical (unpaired) electrons. The van der Waals surface area contributed by atoms with Crippen molar-refractivity contribution in [1.29, 1.82) is 0 Å². The second-order valence-corrected chi connectivity index (χ2v) is 6.71.